The minimum absolute atomic E-state index is 0.0742. The molecular formula is C12H16BrN3O3. The fourth-order valence-corrected chi connectivity index (χ4v) is 2.40. The summed E-state index contributed by atoms with van der Waals surface area (Å²) in [7, 11) is 0. The minimum Gasteiger partial charge on any atom is -0.384 e. The van der Waals surface area contributed by atoms with Crippen LogP contribution in [0.1, 0.15) is 17.4 Å². The summed E-state index contributed by atoms with van der Waals surface area (Å²) in [5.41, 5.74) is 0.530. The van der Waals surface area contributed by atoms with Crippen molar-refractivity contribution in [1.82, 2.24) is 14.8 Å². The molecule has 0 radical (unpaired) electrons. The maximum atomic E-state index is 12.1. The molecule has 2 heterocycles. The number of aromatic amines is 1. The Kier molecular flexibility index (Phi) is 4.26. The highest BCUT2D eigenvalue weighted by Crippen LogP contribution is 2.14. The van der Waals surface area contributed by atoms with Crippen LogP contribution in [0.5, 0.6) is 0 Å². The number of halogens is 1. The van der Waals surface area contributed by atoms with Gasteiger partial charge in [0.25, 0.3) is 11.8 Å². The zero-order valence-electron chi connectivity index (χ0n) is 10.6. The van der Waals surface area contributed by atoms with Crippen molar-refractivity contribution < 1.29 is 14.7 Å². The predicted molar refractivity (Wildman–Crippen MR) is 72.7 cm³/mol. The van der Waals surface area contributed by atoms with Crippen LogP contribution in [0.4, 0.5) is 0 Å². The number of hydrogen-bond donors (Lipinski definition) is 2. The van der Waals surface area contributed by atoms with Crippen molar-refractivity contribution in [2.24, 2.45) is 0 Å². The number of aromatic nitrogens is 1. The number of carbonyl (C=O) groups is 2. The second kappa shape index (κ2) is 5.75. The lowest BCUT2D eigenvalue weighted by Gasteiger charge is -2.35. The molecule has 7 heteroatoms. The van der Waals surface area contributed by atoms with Crippen LogP contribution in [0, 0.1) is 0 Å². The van der Waals surface area contributed by atoms with E-state index < -0.39 is 6.10 Å². The maximum absolute atomic E-state index is 12.1. The van der Waals surface area contributed by atoms with Crippen molar-refractivity contribution in [2.75, 3.05) is 26.2 Å². The number of piperazine rings is 1. The van der Waals surface area contributed by atoms with E-state index in [-0.39, 0.29) is 11.8 Å². The van der Waals surface area contributed by atoms with Crippen molar-refractivity contribution in [3.8, 4) is 0 Å². The minimum atomic E-state index is -0.985. The zero-order chi connectivity index (χ0) is 14.0. The largest absolute Gasteiger partial charge is 0.384 e. The Bertz CT molecular complexity index is 478. The van der Waals surface area contributed by atoms with E-state index in [2.05, 4.69) is 20.9 Å². The molecule has 1 unspecified atom stereocenters. The third kappa shape index (κ3) is 3.16. The van der Waals surface area contributed by atoms with Gasteiger partial charge in [-0.15, -0.1) is 0 Å². The summed E-state index contributed by atoms with van der Waals surface area (Å²) in [5, 5.41) is 9.25. The topological polar surface area (TPSA) is 76.6 Å². The van der Waals surface area contributed by atoms with E-state index in [1.54, 1.807) is 22.1 Å². The first-order valence-corrected chi connectivity index (χ1v) is 6.88. The first kappa shape index (κ1) is 14.1. The van der Waals surface area contributed by atoms with Gasteiger partial charge in [0, 0.05) is 36.8 Å². The quantitative estimate of drug-likeness (QED) is 0.826. The maximum Gasteiger partial charge on any atom is 0.270 e. The van der Waals surface area contributed by atoms with Crippen LogP contribution in [-0.2, 0) is 4.79 Å². The molecule has 1 atom stereocenters. The normalized spacial score (nSPS) is 17.4. The average Bonchev–Trinajstić information content (AvgIpc) is 2.84. The molecule has 1 aromatic heterocycles. The van der Waals surface area contributed by atoms with E-state index >= 15 is 0 Å². The van der Waals surface area contributed by atoms with Crippen LogP contribution in [0.2, 0.25) is 0 Å². The lowest BCUT2D eigenvalue weighted by Crippen LogP contribution is -2.52. The molecule has 1 saturated heterocycles. The summed E-state index contributed by atoms with van der Waals surface area (Å²) < 4.78 is 0.832. The smallest absolute Gasteiger partial charge is 0.270 e. The fraction of sp³-hybridized carbons (Fsp3) is 0.500. The Labute approximate surface area is 119 Å². The van der Waals surface area contributed by atoms with Gasteiger partial charge in [-0.25, -0.2) is 0 Å². The number of aliphatic hydroxyl groups excluding tert-OH is 1. The van der Waals surface area contributed by atoms with Gasteiger partial charge in [0.05, 0.1) is 0 Å². The molecule has 0 aliphatic carbocycles. The molecule has 0 saturated carbocycles. The molecule has 1 aliphatic heterocycles. The second-order valence-corrected chi connectivity index (χ2v) is 5.44. The van der Waals surface area contributed by atoms with Crippen LogP contribution >= 0.6 is 15.9 Å². The van der Waals surface area contributed by atoms with Gasteiger partial charge < -0.3 is 19.9 Å². The van der Waals surface area contributed by atoms with Gasteiger partial charge in [0.1, 0.15) is 11.8 Å². The summed E-state index contributed by atoms with van der Waals surface area (Å²) in [4.78, 5) is 29.9. The Morgan fingerprint density at radius 1 is 1.32 bits per heavy atom. The van der Waals surface area contributed by atoms with E-state index in [4.69, 9.17) is 0 Å². The SMILES string of the molecule is CC(O)C(=O)N1CCN(C(=O)c2cc(Br)c[nH]2)CC1. The molecule has 6 nitrogen and oxygen atoms in total. The van der Waals surface area contributed by atoms with E-state index in [0.29, 0.717) is 31.9 Å². The summed E-state index contributed by atoms with van der Waals surface area (Å²) >= 11 is 3.29. The highest BCUT2D eigenvalue weighted by Gasteiger charge is 2.26. The molecule has 0 spiro atoms. The van der Waals surface area contributed by atoms with E-state index in [0.717, 1.165) is 4.47 Å². The summed E-state index contributed by atoms with van der Waals surface area (Å²) in [6.45, 7) is 3.33. The number of nitrogens with one attached hydrogen (secondary N) is 1. The Morgan fingerprint density at radius 2 is 1.89 bits per heavy atom. The first-order valence-electron chi connectivity index (χ1n) is 6.09. The van der Waals surface area contributed by atoms with E-state index in [9.17, 15) is 14.7 Å². The highest BCUT2D eigenvalue weighted by atomic mass is 79.9. The number of rotatable bonds is 2. The third-order valence-corrected chi connectivity index (χ3v) is 3.57. The molecule has 104 valence electrons. The summed E-state index contributed by atoms with van der Waals surface area (Å²) in [6.07, 6.45) is 0.724. The standard InChI is InChI=1S/C12H16BrN3O3/c1-8(17)11(18)15-2-4-16(5-3-15)12(19)10-6-9(13)7-14-10/h6-8,14,17H,2-5H2,1H3. The van der Waals surface area contributed by atoms with Gasteiger partial charge in [-0.1, -0.05) is 0 Å². The van der Waals surface area contributed by atoms with Gasteiger partial charge in [0.15, 0.2) is 0 Å². The van der Waals surface area contributed by atoms with Gasteiger partial charge in [-0.2, -0.15) is 0 Å². The molecule has 2 rings (SSSR count). The number of aliphatic hydroxyl groups is 1. The molecule has 2 N–H and O–H groups in total. The average molecular weight is 330 g/mol. The van der Waals surface area contributed by atoms with Crippen LogP contribution in [0.25, 0.3) is 0 Å². The predicted octanol–water partition coefficient (Wildman–Crippen LogP) is 0.442. The monoisotopic (exact) mass is 329 g/mol. The number of H-pyrrole nitrogens is 1. The van der Waals surface area contributed by atoms with Gasteiger partial charge in [-0.3, -0.25) is 9.59 Å². The van der Waals surface area contributed by atoms with Crippen molar-refractivity contribution in [3.63, 3.8) is 0 Å². The molecule has 19 heavy (non-hydrogen) atoms. The van der Waals surface area contributed by atoms with E-state index in [1.807, 2.05) is 0 Å². The Balaban J connectivity index is 1.93. The summed E-state index contributed by atoms with van der Waals surface area (Å²) in [5.74, 6) is -0.357. The molecule has 0 bridgehead atoms. The fourth-order valence-electron chi connectivity index (χ4n) is 2.06. The Hall–Kier alpha value is -1.34. The van der Waals surface area contributed by atoms with E-state index in [1.165, 1.54) is 6.92 Å². The van der Waals surface area contributed by atoms with Crippen LogP contribution < -0.4 is 0 Å². The number of carbonyl (C=O) groups excluding carboxylic acids is 2. The highest BCUT2D eigenvalue weighted by molar-refractivity contribution is 9.10. The zero-order valence-corrected chi connectivity index (χ0v) is 12.2. The number of nitrogens with zero attached hydrogens (tertiary/aromatic N) is 2. The van der Waals surface area contributed by atoms with Gasteiger partial charge in [-0.05, 0) is 28.9 Å². The van der Waals surface area contributed by atoms with Crippen molar-refractivity contribution in [2.45, 2.75) is 13.0 Å². The second-order valence-electron chi connectivity index (χ2n) is 4.53. The lowest BCUT2D eigenvalue weighted by molar-refractivity contribution is -0.140. The summed E-state index contributed by atoms with van der Waals surface area (Å²) in [6, 6.07) is 1.73. The first-order chi connectivity index (χ1) is 8.99. The molecular weight excluding hydrogens is 314 g/mol. The van der Waals surface area contributed by atoms with Gasteiger partial charge >= 0.3 is 0 Å². The van der Waals surface area contributed by atoms with Crippen LogP contribution in [-0.4, -0.2) is 64.0 Å². The molecule has 1 fully saturated rings. The Morgan fingerprint density at radius 3 is 2.37 bits per heavy atom. The molecule has 1 aromatic rings. The molecule has 1 aliphatic rings. The third-order valence-electron chi connectivity index (χ3n) is 3.11. The van der Waals surface area contributed by atoms with Crippen LogP contribution in [0.3, 0.4) is 0 Å². The number of hydrogen-bond acceptors (Lipinski definition) is 3. The number of amides is 2. The van der Waals surface area contributed by atoms with Gasteiger partial charge in [0.2, 0.25) is 0 Å². The van der Waals surface area contributed by atoms with Crippen molar-refractivity contribution >= 4 is 27.7 Å². The molecule has 0 aromatic carbocycles. The van der Waals surface area contributed by atoms with Crippen LogP contribution in [0.15, 0.2) is 16.7 Å². The van der Waals surface area contributed by atoms with Crippen molar-refractivity contribution in [1.29, 1.82) is 0 Å². The lowest BCUT2D eigenvalue weighted by atomic mass is 10.2. The molecule has 2 amide bonds. The van der Waals surface area contributed by atoms with Crippen molar-refractivity contribution in [3.05, 3.63) is 22.4 Å².